The zero-order valence-electron chi connectivity index (χ0n) is 18.0. The van der Waals surface area contributed by atoms with Crippen LogP contribution in [-0.4, -0.2) is 28.7 Å². The van der Waals surface area contributed by atoms with Gasteiger partial charge in [0.25, 0.3) is 5.91 Å². The fourth-order valence-corrected chi connectivity index (χ4v) is 4.40. The molecule has 6 N–H and O–H groups in total. The van der Waals surface area contributed by atoms with E-state index in [9.17, 15) is 19.6 Å². The summed E-state index contributed by atoms with van der Waals surface area (Å²) >= 11 is 0.959. The molecule has 0 unspecified atom stereocenters. The van der Waals surface area contributed by atoms with E-state index in [-0.39, 0.29) is 50.0 Å². The third kappa shape index (κ3) is 3.71. The van der Waals surface area contributed by atoms with E-state index in [0.29, 0.717) is 11.3 Å². The van der Waals surface area contributed by atoms with Crippen LogP contribution in [0.1, 0.15) is 32.5 Å². The summed E-state index contributed by atoms with van der Waals surface area (Å²) in [6, 6.07) is 8.08. The second-order valence-electron chi connectivity index (χ2n) is 7.02. The number of aryl methyl sites for hydroxylation is 1. The van der Waals surface area contributed by atoms with Gasteiger partial charge in [-0.15, -0.1) is 11.3 Å². The summed E-state index contributed by atoms with van der Waals surface area (Å²) in [5, 5.41) is 15.0. The van der Waals surface area contributed by atoms with Gasteiger partial charge >= 0.3 is 17.3 Å². The molecule has 0 radical (unpaired) electrons. The molecule has 1 aromatic carbocycles. The number of pyridine rings is 1. The molecule has 4 rings (SSSR count). The van der Waals surface area contributed by atoms with E-state index in [1.165, 1.54) is 23.9 Å². The molecule has 13 heteroatoms. The number of benzene rings is 1. The van der Waals surface area contributed by atoms with Gasteiger partial charge in [0.2, 0.25) is 0 Å². The molecule has 0 saturated carbocycles. The topological polar surface area (TPSA) is 194 Å². The molecule has 172 valence electrons. The number of nitrogens with two attached hydrogens (primary N) is 2. The van der Waals surface area contributed by atoms with Crippen molar-refractivity contribution in [2.45, 2.75) is 6.92 Å². The Morgan fingerprint density at radius 2 is 2.03 bits per heavy atom. The minimum absolute atomic E-state index is 0.00154. The molecular formula is C21H18N7O5S+. The second-order valence-corrected chi connectivity index (χ2v) is 8.02. The molecule has 0 aliphatic heterocycles. The van der Waals surface area contributed by atoms with Gasteiger partial charge in [-0.3, -0.25) is 9.32 Å². The number of hydrogen-bond acceptors (Lipinski definition) is 10. The van der Waals surface area contributed by atoms with Gasteiger partial charge in [0.05, 0.1) is 28.8 Å². The molecule has 0 aliphatic carbocycles. The Morgan fingerprint density at radius 3 is 2.62 bits per heavy atom. The Kier molecular flexibility index (Phi) is 5.74. The average Bonchev–Trinajstić information content (AvgIpc) is 3.31. The maximum absolute atomic E-state index is 13.0. The van der Waals surface area contributed by atoms with Crippen LogP contribution < -0.4 is 27.1 Å². The number of rotatable bonds is 5. The number of H-pyrrole nitrogens is 1. The number of aromatic nitrogens is 3. The Labute approximate surface area is 195 Å². The normalized spacial score (nSPS) is 10.7. The number of amides is 1. The zero-order valence-corrected chi connectivity index (χ0v) is 18.8. The number of fused-ring (bicyclic) bond motifs is 1. The number of anilines is 3. The number of esters is 1. The van der Waals surface area contributed by atoms with E-state index in [4.69, 9.17) is 20.7 Å². The smallest absolute Gasteiger partial charge is 0.435 e. The number of nitriles is 1. The van der Waals surface area contributed by atoms with Gasteiger partial charge in [-0.2, -0.15) is 5.26 Å². The molecule has 34 heavy (non-hydrogen) atoms. The fraction of sp³-hybridized carbons (Fsp3) is 0.143. The van der Waals surface area contributed by atoms with Crippen molar-refractivity contribution in [3.05, 3.63) is 50.7 Å². The van der Waals surface area contributed by atoms with Crippen molar-refractivity contribution in [2.24, 2.45) is 7.05 Å². The number of carbonyl (C=O) groups excluding carboxylic acids is 2. The van der Waals surface area contributed by atoms with Crippen LogP contribution in [0.4, 0.5) is 17.2 Å². The quantitative estimate of drug-likeness (QED) is 0.242. The average molecular weight is 480 g/mol. The lowest BCUT2D eigenvalue weighted by Crippen LogP contribution is -2.34. The van der Waals surface area contributed by atoms with Gasteiger partial charge < -0.3 is 21.5 Å². The highest BCUT2D eigenvalue weighted by atomic mass is 32.1. The van der Waals surface area contributed by atoms with Crippen molar-refractivity contribution in [2.75, 3.05) is 23.4 Å². The summed E-state index contributed by atoms with van der Waals surface area (Å²) in [6.07, 6.45) is 0. The monoisotopic (exact) mass is 480 g/mol. The van der Waals surface area contributed by atoms with E-state index < -0.39 is 17.5 Å². The zero-order chi connectivity index (χ0) is 24.6. The number of carbonyl (C=O) groups is 2. The molecular weight excluding hydrogens is 462 g/mol. The first-order valence-corrected chi connectivity index (χ1v) is 10.7. The number of nitrogens with zero attached hydrogens (tertiary/aromatic N) is 3. The predicted octanol–water partition coefficient (Wildman–Crippen LogP) is 1.53. The Balaban J connectivity index is 1.78. The predicted molar refractivity (Wildman–Crippen MR) is 123 cm³/mol. The van der Waals surface area contributed by atoms with Crippen molar-refractivity contribution in [1.29, 1.82) is 5.26 Å². The van der Waals surface area contributed by atoms with Crippen LogP contribution in [0.5, 0.6) is 0 Å². The highest BCUT2D eigenvalue weighted by Gasteiger charge is 2.32. The summed E-state index contributed by atoms with van der Waals surface area (Å²) in [7, 11) is 1.51. The first-order chi connectivity index (χ1) is 16.3. The van der Waals surface area contributed by atoms with Crippen molar-refractivity contribution in [3.8, 4) is 17.3 Å². The summed E-state index contributed by atoms with van der Waals surface area (Å²) in [5.74, 6) is -1.13. The van der Waals surface area contributed by atoms with E-state index in [1.54, 1.807) is 19.1 Å². The molecule has 0 saturated heterocycles. The lowest BCUT2D eigenvalue weighted by Gasteiger charge is -2.06. The van der Waals surface area contributed by atoms with Gasteiger partial charge in [-0.1, -0.05) is 4.68 Å². The van der Waals surface area contributed by atoms with Crippen LogP contribution in [0, 0.1) is 11.3 Å². The van der Waals surface area contributed by atoms with Crippen LogP contribution in [0.25, 0.3) is 21.5 Å². The van der Waals surface area contributed by atoms with Crippen LogP contribution in [-0.2, 0) is 11.8 Å². The third-order valence-corrected chi connectivity index (χ3v) is 6.02. The van der Waals surface area contributed by atoms with Gasteiger partial charge in [0, 0.05) is 5.69 Å². The summed E-state index contributed by atoms with van der Waals surface area (Å²) in [5.41, 5.74) is 12.4. The lowest BCUT2D eigenvalue weighted by atomic mass is 10.0. The second kappa shape index (κ2) is 8.68. The fourth-order valence-electron chi connectivity index (χ4n) is 3.39. The molecule has 0 atom stereocenters. The molecule has 4 aromatic rings. The molecule has 12 nitrogen and oxygen atoms in total. The Bertz CT molecular complexity index is 1540. The van der Waals surface area contributed by atoms with E-state index in [0.717, 1.165) is 11.3 Å². The van der Waals surface area contributed by atoms with Crippen molar-refractivity contribution in [1.82, 2.24) is 10.3 Å². The summed E-state index contributed by atoms with van der Waals surface area (Å²) in [6.45, 7) is 1.96. The lowest BCUT2D eigenvalue weighted by molar-refractivity contribution is -0.730. The van der Waals surface area contributed by atoms with E-state index in [1.807, 2.05) is 6.07 Å². The molecule has 1 amide bonds. The molecule has 3 heterocycles. The number of thiophene rings is 1. The van der Waals surface area contributed by atoms with Gasteiger partial charge in [-0.25, -0.2) is 14.6 Å². The first-order valence-electron chi connectivity index (χ1n) is 9.84. The highest BCUT2D eigenvalue weighted by Crippen LogP contribution is 2.41. The summed E-state index contributed by atoms with van der Waals surface area (Å²) in [4.78, 5) is 41.7. The molecule has 3 aromatic heterocycles. The van der Waals surface area contributed by atoms with Crippen molar-refractivity contribution in [3.63, 3.8) is 0 Å². The van der Waals surface area contributed by atoms with Crippen LogP contribution in [0.3, 0.4) is 0 Å². The Hall–Kier alpha value is -4.70. The largest absolute Gasteiger partial charge is 0.462 e. The number of aromatic amines is 1. The minimum atomic E-state index is -0.746. The van der Waals surface area contributed by atoms with Gasteiger partial charge in [0.1, 0.15) is 27.2 Å². The Morgan fingerprint density at radius 1 is 1.32 bits per heavy atom. The van der Waals surface area contributed by atoms with Crippen LogP contribution in [0.2, 0.25) is 0 Å². The van der Waals surface area contributed by atoms with Crippen LogP contribution >= 0.6 is 11.3 Å². The summed E-state index contributed by atoms with van der Waals surface area (Å²) < 4.78 is 11.0. The van der Waals surface area contributed by atoms with Crippen molar-refractivity contribution >= 4 is 50.6 Å². The van der Waals surface area contributed by atoms with Crippen molar-refractivity contribution < 1.29 is 23.5 Å². The SMILES string of the molecule is CCOC(=O)c1ccc(NC(=O)c2sc3nc(N)c(C#N)c(-c4c(=O)o[nH][n+]4C)c3c2N)cc1. The van der Waals surface area contributed by atoms with Gasteiger partial charge in [-0.05, 0) is 36.5 Å². The first kappa shape index (κ1) is 22.5. The van der Waals surface area contributed by atoms with E-state index in [2.05, 4.69) is 15.6 Å². The molecule has 0 fully saturated rings. The maximum atomic E-state index is 13.0. The van der Waals surface area contributed by atoms with Crippen LogP contribution in [0.15, 0.2) is 33.6 Å². The maximum Gasteiger partial charge on any atom is 0.435 e. The number of hydrogen-bond donors (Lipinski definition) is 4. The van der Waals surface area contributed by atoms with E-state index >= 15 is 0 Å². The molecule has 0 aliphatic rings. The van der Waals surface area contributed by atoms with Gasteiger partial charge in [0.15, 0.2) is 7.05 Å². The number of ether oxygens (including phenoxy) is 1. The number of nitrogen functional groups attached to an aromatic ring is 2. The highest BCUT2D eigenvalue weighted by molar-refractivity contribution is 7.21. The molecule has 0 bridgehead atoms. The minimum Gasteiger partial charge on any atom is -0.462 e. The third-order valence-electron chi connectivity index (χ3n) is 4.92. The molecule has 0 spiro atoms. The number of nitrogens with one attached hydrogen (secondary N) is 2. The standard InChI is InChI=1S/C21H17N7O5S/c1-3-32-20(30)9-4-6-10(7-5-9)25-18(29)16-14(23)13-12(15-21(31)33-27-28(15)2)11(8-22)17(24)26-19(13)34-16/h4-7H,3H2,1-2H3,(H5-,23,24,25,26,27,29,30,31)/p+1.